The molecule has 16 heavy (non-hydrogen) atoms. The van der Waals surface area contributed by atoms with Gasteiger partial charge in [-0.15, -0.1) is 0 Å². The van der Waals surface area contributed by atoms with Crippen molar-refractivity contribution in [2.75, 3.05) is 6.54 Å². The van der Waals surface area contributed by atoms with E-state index in [1.54, 1.807) is 0 Å². The van der Waals surface area contributed by atoms with Crippen molar-refractivity contribution in [1.82, 2.24) is 14.9 Å². The molecule has 0 amide bonds. The Hall–Kier alpha value is -1.76. The third-order valence-electron chi connectivity index (χ3n) is 2.63. The van der Waals surface area contributed by atoms with Crippen LogP contribution in [0.1, 0.15) is 12.8 Å². The summed E-state index contributed by atoms with van der Waals surface area (Å²) in [5, 5.41) is 13.8. The SMILES string of the molecule is O=c1ncc([N+](=O)[O-])cn1C[C@H]1CCCN1. The third kappa shape index (κ3) is 2.25. The Morgan fingerprint density at radius 2 is 2.50 bits per heavy atom. The summed E-state index contributed by atoms with van der Waals surface area (Å²) in [5.41, 5.74) is -0.600. The van der Waals surface area contributed by atoms with Gasteiger partial charge in [0.15, 0.2) is 0 Å². The molecular formula is C9H12N4O3. The highest BCUT2D eigenvalue weighted by molar-refractivity contribution is 5.20. The summed E-state index contributed by atoms with van der Waals surface area (Å²) in [7, 11) is 0. The summed E-state index contributed by atoms with van der Waals surface area (Å²) in [4.78, 5) is 24.8. The van der Waals surface area contributed by atoms with Gasteiger partial charge < -0.3 is 5.32 Å². The molecule has 0 aliphatic carbocycles. The third-order valence-corrected chi connectivity index (χ3v) is 2.63. The molecule has 1 N–H and O–H groups in total. The molecule has 1 aromatic heterocycles. The zero-order valence-electron chi connectivity index (χ0n) is 8.63. The topological polar surface area (TPSA) is 90.1 Å². The van der Waals surface area contributed by atoms with Crippen LogP contribution in [0.15, 0.2) is 17.2 Å². The number of aromatic nitrogens is 2. The summed E-state index contributed by atoms with van der Waals surface area (Å²) in [6.45, 7) is 1.37. The molecule has 0 unspecified atom stereocenters. The number of hydrogen-bond acceptors (Lipinski definition) is 5. The molecule has 0 bridgehead atoms. The van der Waals surface area contributed by atoms with Crippen molar-refractivity contribution < 1.29 is 4.92 Å². The highest BCUT2D eigenvalue weighted by atomic mass is 16.6. The first kappa shape index (κ1) is 10.7. The quantitative estimate of drug-likeness (QED) is 0.572. The van der Waals surface area contributed by atoms with Gasteiger partial charge in [-0.2, -0.15) is 4.98 Å². The highest BCUT2D eigenvalue weighted by Crippen LogP contribution is 2.09. The largest absolute Gasteiger partial charge is 0.348 e. The number of rotatable bonds is 3. The van der Waals surface area contributed by atoms with E-state index in [1.165, 1.54) is 10.8 Å². The van der Waals surface area contributed by atoms with Crippen molar-refractivity contribution >= 4 is 5.69 Å². The van der Waals surface area contributed by atoms with Gasteiger partial charge in [0.25, 0.3) is 0 Å². The van der Waals surface area contributed by atoms with Crippen LogP contribution in [0.2, 0.25) is 0 Å². The lowest BCUT2D eigenvalue weighted by atomic mass is 10.2. The van der Waals surface area contributed by atoms with E-state index in [0.29, 0.717) is 6.54 Å². The second-order valence-corrected chi connectivity index (χ2v) is 3.80. The number of nitrogens with one attached hydrogen (secondary N) is 1. The van der Waals surface area contributed by atoms with E-state index in [2.05, 4.69) is 10.3 Å². The summed E-state index contributed by atoms with van der Waals surface area (Å²) < 4.78 is 1.29. The fourth-order valence-electron chi connectivity index (χ4n) is 1.82. The van der Waals surface area contributed by atoms with E-state index >= 15 is 0 Å². The number of nitro groups is 1. The number of hydrogen-bond donors (Lipinski definition) is 1. The van der Waals surface area contributed by atoms with Crippen LogP contribution in [0, 0.1) is 10.1 Å². The van der Waals surface area contributed by atoms with E-state index < -0.39 is 10.6 Å². The normalized spacial score (nSPS) is 19.9. The second kappa shape index (κ2) is 4.40. The lowest BCUT2D eigenvalue weighted by Gasteiger charge is -2.10. The molecule has 7 nitrogen and oxygen atoms in total. The van der Waals surface area contributed by atoms with Crippen molar-refractivity contribution in [1.29, 1.82) is 0 Å². The Morgan fingerprint density at radius 1 is 1.69 bits per heavy atom. The average molecular weight is 224 g/mol. The zero-order chi connectivity index (χ0) is 11.5. The molecule has 0 radical (unpaired) electrons. The predicted octanol–water partition coefficient (Wildman–Crippen LogP) is -0.0965. The molecule has 1 aromatic rings. The standard InChI is InChI=1S/C9H12N4O3/c14-9-11-4-8(13(15)16)6-12(9)5-7-2-1-3-10-7/h4,6-7,10H,1-3,5H2/t7-/m1/s1. The Bertz CT molecular complexity index is 450. The molecule has 0 spiro atoms. The molecule has 1 fully saturated rings. The fourth-order valence-corrected chi connectivity index (χ4v) is 1.82. The van der Waals surface area contributed by atoms with Crippen LogP contribution >= 0.6 is 0 Å². The van der Waals surface area contributed by atoms with Gasteiger partial charge in [0.05, 0.1) is 11.1 Å². The fraction of sp³-hybridized carbons (Fsp3) is 0.556. The van der Waals surface area contributed by atoms with Crippen molar-refractivity contribution in [2.24, 2.45) is 0 Å². The van der Waals surface area contributed by atoms with E-state index in [1.807, 2.05) is 0 Å². The van der Waals surface area contributed by atoms with Crippen molar-refractivity contribution in [3.8, 4) is 0 Å². The van der Waals surface area contributed by atoms with E-state index in [9.17, 15) is 14.9 Å². The molecule has 7 heteroatoms. The van der Waals surface area contributed by atoms with Crippen LogP contribution in [0.25, 0.3) is 0 Å². The molecule has 2 heterocycles. The van der Waals surface area contributed by atoms with E-state index in [0.717, 1.165) is 25.6 Å². The van der Waals surface area contributed by atoms with Gasteiger partial charge >= 0.3 is 11.4 Å². The lowest BCUT2D eigenvalue weighted by Crippen LogP contribution is -2.33. The van der Waals surface area contributed by atoms with Gasteiger partial charge in [0.2, 0.25) is 0 Å². The maximum Gasteiger partial charge on any atom is 0.348 e. The first-order chi connectivity index (χ1) is 7.66. The lowest BCUT2D eigenvalue weighted by molar-refractivity contribution is -0.385. The second-order valence-electron chi connectivity index (χ2n) is 3.80. The Morgan fingerprint density at radius 3 is 3.12 bits per heavy atom. The van der Waals surface area contributed by atoms with Crippen molar-refractivity contribution in [3.05, 3.63) is 33.0 Å². The van der Waals surface area contributed by atoms with Crippen LogP contribution < -0.4 is 11.0 Å². The van der Waals surface area contributed by atoms with Crippen LogP contribution in [-0.2, 0) is 6.54 Å². The molecule has 0 saturated carbocycles. The first-order valence-corrected chi connectivity index (χ1v) is 5.11. The minimum absolute atomic E-state index is 0.155. The van der Waals surface area contributed by atoms with Crippen LogP contribution in [0.5, 0.6) is 0 Å². The maximum absolute atomic E-state index is 11.4. The highest BCUT2D eigenvalue weighted by Gasteiger charge is 2.16. The minimum Gasteiger partial charge on any atom is -0.312 e. The Balaban J connectivity index is 2.21. The summed E-state index contributed by atoms with van der Waals surface area (Å²) >= 11 is 0. The van der Waals surface area contributed by atoms with Gasteiger partial charge in [-0.25, -0.2) is 4.79 Å². The molecular weight excluding hydrogens is 212 g/mol. The van der Waals surface area contributed by atoms with Gasteiger partial charge in [0.1, 0.15) is 6.20 Å². The predicted molar refractivity (Wildman–Crippen MR) is 56.2 cm³/mol. The molecule has 1 atom stereocenters. The van der Waals surface area contributed by atoms with Crippen molar-refractivity contribution in [3.63, 3.8) is 0 Å². The van der Waals surface area contributed by atoms with E-state index in [-0.39, 0.29) is 11.7 Å². The molecule has 1 aliphatic rings. The summed E-state index contributed by atoms with van der Waals surface area (Å²) in [6, 6.07) is 0.210. The maximum atomic E-state index is 11.4. The number of nitrogens with zero attached hydrogens (tertiary/aromatic N) is 3. The average Bonchev–Trinajstić information content (AvgIpc) is 2.73. The molecule has 86 valence electrons. The molecule has 1 saturated heterocycles. The Labute approximate surface area is 91.3 Å². The smallest absolute Gasteiger partial charge is 0.312 e. The molecule has 0 aromatic carbocycles. The minimum atomic E-state index is -0.551. The van der Waals surface area contributed by atoms with E-state index in [4.69, 9.17) is 0 Å². The summed E-state index contributed by atoms with van der Waals surface area (Å²) in [5.74, 6) is 0. The van der Waals surface area contributed by atoms with Gasteiger partial charge in [-0.05, 0) is 19.4 Å². The first-order valence-electron chi connectivity index (χ1n) is 5.11. The Kier molecular flexibility index (Phi) is 2.95. The summed E-state index contributed by atoms with van der Waals surface area (Å²) in [6.07, 6.45) is 4.28. The molecule has 2 rings (SSSR count). The van der Waals surface area contributed by atoms with Crippen LogP contribution in [0.3, 0.4) is 0 Å². The van der Waals surface area contributed by atoms with Gasteiger partial charge in [0, 0.05) is 12.6 Å². The molecule has 1 aliphatic heterocycles. The monoisotopic (exact) mass is 224 g/mol. The van der Waals surface area contributed by atoms with Crippen molar-refractivity contribution in [2.45, 2.75) is 25.4 Å². The zero-order valence-corrected chi connectivity index (χ0v) is 8.63. The van der Waals surface area contributed by atoms with Gasteiger partial charge in [-0.1, -0.05) is 0 Å². The van der Waals surface area contributed by atoms with Gasteiger partial charge in [-0.3, -0.25) is 14.7 Å². The van der Waals surface area contributed by atoms with Crippen LogP contribution in [0.4, 0.5) is 5.69 Å². The van der Waals surface area contributed by atoms with Crippen LogP contribution in [-0.4, -0.2) is 27.1 Å².